The molecule has 0 spiro atoms. The summed E-state index contributed by atoms with van der Waals surface area (Å²) in [6.07, 6.45) is 1.63. The van der Waals surface area contributed by atoms with Gasteiger partial charge in [0.1, 0.15) is 11.6 Å². The number of ether oxygens (including phenoxy) is 1. The summed E-state index contributed by atoms with van der Waals surface area (Å²) in [4.78, 5) is 28.5. The number of aliphatic carboxylic acids is 1. The number of amides is 1. The molecule has 1 saturated carbocycles. The van der Waals surface area contributed by atoms with Gasteiger partial charge in [0.2, 0.25) is 5.91 Å². The van der Waals surface area contributed by atoms with Crippen molar-refractivity contribution < 1.29 is 23.8 Å². The first kappa shape index (κ1) is 22.8. The average molecular weight is 486 g/mol. The highest BCUT2D eigenvalue weighted by atomic mass is 19.1. The van der Waals surface area contributed by atoms with Crippen LogP contribution in [-0.4, -0.2) is 42.1 Å². The zero-order valence-corrected chi connectivity index (χ0v) is 20.1. The maximum atomic E-state index is 13.9. The number of halogens is 1. The number of rotatable bonds is 5. The van der Waals surface area contributed by atoms with E-state index in [4.69, 9.17) is 4.74 Å². The number of hydrogen-bond donors (Lipinski definition) is 1. The minimum Gasteiger partial charge on any atom is -0.496 e. The van der Waals surface area contributed by atoms with Gasteiger partial charge in [0.15, 0.2) is 0 Å². The molecule has 36 heavy (non-hydrogen) atoms. The minimum atomic E-state index is -1.10. The summed E-state index contributed by atoms with van der Waals surface area (Å²) in [6, 6.07) is 22.0. The van der Waals surface area contributed by atoms with Crippen LogP contribution in [0.15, 0.2) is 72.8 Å². The number of carboxylic acids is 1. The Morgan fingerprint density at radius 3 is 2.53 bits per heavy atom. The van der Waals surface area contributed by atoms with Gasteiger partial charge >= 0.3 is 5.97 Å². The second-order valence-electron chi connectivity index (χ2n) is 10.3. The summed E-state index contributed by atoms with van der Waals surface area (Å²) in [5.74, 6) is -1.13. The number of benzene rings is 3. The lowest BCUT2D eigenvalue weighted by atomic mass is 9.42. The number of carbonyl (C=O) groups is 2. The van der Waals surface area contributed by atoms with E-state index < -0.39 is 16.8 Å². The molecule has 3 aromatic carbocycles. The molecule has 1 amide bonds. The Morgan fingerprint density at radius 1 is 1.06 bits per heavy atom. The van der Waals surface area contributed by atoms with Crippen molar-refractivity contribution in [1.29, 1.82) is 0 Å². The van der Waals surface area contributed by atoms with Crippen molar-refractivity contribution in [3.63, 3.8) is 0 Å². The van der Waals surface area contributed by atoms with Crippen molar-refractivity contribution in [3.8, 4) is 5.75 Å². The van der Waals surface area contributed by atoms with Crippen LogP contribution in [0.1, 0.15) is 41.0 Å². The van der Waals surface area contributed by atoms with Crippen LogP contribution in [0.4, 0.5) is 4.39 Å². The number of nitrogens with zero attached hydrogens (tertiary/aromatic N) is 1. The van der Waals surface area contributed by atoms with E-state index in [0.29, 0.717) is 18.7 Å². The van der Waals surface area contributed by atoms with E-state index in [0.717, 1.165) is 28.7 Å². The molecule has 0 radical (unpaired) electrons. The van der Waals surface area contributed by atoms with Crippen molar-refractivity contribution in [2.45, 2.75) is 30.6 Å². The zero-order chi connectivity index (χ0) is 25.1. The first-order valence-electron chi connectivity index (χ1n) is 12.4. The maximum Gasteiger partial charge on any atom is 0.312 e. The number of para-hydroxylation sites is 1. The second-order valence-corrected chi connectivity index (χ2v) is 10.3. The van der Waals surface area contributed by atoms with Crippen LogP contribution in [0.25, 0.3) is 0 Å². The van der Waals surface area contributed by atoms with E-state index in [1.807, 2.05) is 42.5 Å². The Labute approximate surface area is 209 Å². The molecule has 184 valence electrons. The third-order valence-corrected chi connectivity index (χ3v) is 8.98. The van der Waals surface area contributed by atoms with Crippen LogP contribution in [0.3, 0.4) is 0 Å². The van der Waals surface area contributed by atoms with Crippen molar-refractivity contribution in [2.24, 2.45) is 11.3 Å². The molecule has 6 heteroatoms. The smallest absolute Gasteiger partial charge is 0.312 e. The van der Waals surface area contributed by atoms with Gasteiger partial charge in [-0.2, -0.15) is 0 Å². The van der Waals surface area contributed by atoms with E-state index in [2.05, 4.69) is 6.07 Å². The van der Waals surface area contributed by atoms with Crippen LogP contribution in [0, 0.1) is 17.2 Å². The van der Waals surface area contributed by atoms with Crippen molar-refractivity contribution >= 4 is 11.9 Å². The van der Waals surface area contributed by atoms with Gasteiger partial charge in [-0.05, 0) is 47.7 Å². The molecule has 0 unspecified atom stereocenters. The number of hydrogen-bond acceptors (Lipinski definition) is 3. The molecule has 4 aliphatic rings. The van der Waals surface area contributed by atoms with Gasteiger partial charge in [-0.1, -0.05) is 54.6 Å². The van der Waals surface area contributed by atoms with Crippen molar-refractivity contribution in [2.75, 3.05) is 20.2 Å². The number of carboxylic acid groups (broad SMARTS) is 1. The standard InChI is InChI=1S/C30H28FNO4/c1-36-25-9-5-2-6-19(25)16-27(33)32-17-26-29(20-10-12-21(31)13-11-20)15-14-24(30(26,18-32)28(34)35)22-7-3-4-8-23(22)29/h2-13,24,26H,14-18H2,1H3,(H,34,35)/t24-,26-,29-,30-/m0/s1. The Morgan fingerprint density at radius 2 is 1.78 bits per heavy atom. The molecule has 3 aliphatic carbocycles. The normalized spacial score (nSPS) is 27.9. The van der Waals surface area contributed by atoms with Crippen molar-refractivity contribution in [3.05, 3.63) is 101 Å². The van der Waals surface area contributed by atoms with Gasteiger partial charge in [0.05, 0.1) is 18.9 Å². The predicted octanol–water partition coefficient (Wildman–Crippen LogP) is 4.78. The number of fused-ring (bicyclic) bond motifs is 1. The van der Waals surface area contributed by atoms with Gasteiger partial charge in [-0.3, -0.25) is 9.59 Å². The van der Waals surface area contributed by atoms with Crippen LogP contribution < -0.4 is 4.74 Å². The highest BCUT2D eigenvalue weighted by Crippen LogP contribution is 2.68. The molecule has 1 N–H and O–H groups in total. The predicted molar refractivity (Wildman–Crippen MR) is 132 cm³/mol. The topological polar surface area (TPSA) is 66.8 Å². The lowest BCUT2D eigenvalue weighted by Gasteiger charge is -2.59. The molecule has 4 atom stereocenters. The molecular formula is C30H28FNO4. The van der Waals surface area contributed by atoms with Crippen molar-refractivity contribution in [1.82, 2.24) is 4.90 Å². The molecule has 1 saturated heterocycles. The van der Waals surface area contributed by atoms with E-state index in [1.165, 1.54) is 12.1 Å². The quantitative estimate of drug-likeness (QED) is 0.565. The number of likely N-dealkylation sites (tertiary alicyclic amines) is 1. The minimum absolute atomic E-state index is 0.104. The van der Waals surface area contributed by atoms with E-state index in [1.54, 1.807) is 24.1 Å². The Balaban J connectivity index is 1.47. The van der Waals surface area contributed by atoms with E-state index in [9.17, 15) is 19.1 Å². The molecule has 7 rings (SSSR count). The largest absolute Gasteiger partial charge is 0.496 e. The second kappa shape index (κ2) is 8.19. The highest BCUT2D eigenvalue weighted by Gasteiger charge is 2.70. The lowest BCUT2D eigenvalue weighted by Crippen LogP contribution is -2.60. The fourth-order valence-corrected chi connectivity index (χ4v) is 7.52. The third kappa shape index (κ3) is 3.00. The maximum absolute atomic E-state index is 13.9. The monoisotopic (exact) mass is 485 g/mol. The zero-order valence-electron chi connectivity index (χ0n) is 20.1. The molecule has 3 aromatic rings. The molecule has 1 heterocycles. The van der Waals surface area contributed by atoms with E-state index >= 15 is 0 Å². The van der Waals surface area contributed by atoms with Crippen LogP contribution in [0.5, 0.6) is 5.75 Å². The number of carbonyl (C=O) groups excluding carboxylic acids is 1. The summed E-state index contributed by atoms with van der Waals surface area (Å²) in [5, 5.41) is 10.8. The fraction of sp³-hybridized carbons (Fsp3) is 0.333. The lowest BCUT2D eigenvalue weighted by molar-refractivity contribution is -0.157. The summed E-state index contributed by atoms with van der Waals surface area (Å²) in [7, 11) is 1.58. The molecule has 2 bridgehead atoms. The Hall–Kier alpha value is -3.67. The van der Waals surface area contributed by atoms with Gasteiger partial charge < -0.3 is 14.7 Å². The average Bonchev–Trinajstić information content (AvgIpc) is 3.34. The van der Waals surface area contributed by atoms with Gasteiger partial charge in [0.25, 0.3) is 0 Å². The SMILES string of the molecule is COc1ccccc1CC(=O)N1C[C@H]2[C@]3(c4ccc(F)cc4)CC[C@@H](c4ccccc43)[C@@]2(C(=O)O)C1. The molecular weight excluding hydrogens is 457 g/mol. The first-order valence-corrected chi connectivity index (χ1v) is 12.4. The molecule has 1 aliphatic heterocycles. The summed E-state index contributed by atoms with van der Waals surface area (Å²) >= 11 is 0. The number of methoxy groups -OCH3 is 1. The van der Waals surface area contributed by atoms with Gasteiger partial charge in [-0.15, -0.1) is 0 Å². The van der Waals surface area contributed by atoms with E-state index in [-0.39, 0.29) is 36.5 Å². The molecule has 0 aromatic heterocycles. The molecule has 2 fully saturated rings. The molecule has 5 nitrogen and oxygen atoms in total. The summed E-state index contributed by atoms with van der Waals surface area (Å²) < 4.78 is 19.4. The summed E-state index contributed by atoms with van der Waals surface area (Å²) in [6.45, 7) is 0.519. The Kier molecular flexibility index (Phi) is 5.18. The van der Waals surface area contributed by atoms with Crippen LogP contribution >= 0.6 is 0 Å². The first-order chi connectivity index (χ1) is 17.4. The van der Waals surface area contributed by atoms with Gasteiger partial charge in [0, 0.05) is 35.9 Å². The fourth-order valence-electron chi connectivity index (χ4n) is 7.52. The van der Waals surface area contributed by atoms with Crippen LogP contribution in [-0.2, 0) is 21.4 Å². The highest BCUT2D eigenvalue weighted by molar-refractivity contribution is 5.85. The van der Waals surface area contributed by atoms with Gasteiger partial charge in [-0.25, -0.2) is 4.39 Å². The third-order valence-electron chi connectivity index (χ3n) is 8.98. The summed E-state index contributed by atoms with van der Waals surface area (Å²) in [5.41, 5.74) is 2.17. The van der Waals surface area contributed by atoms with Crippen LogP contribution in [0.2, 0.25) is 0 Å². The Bertz CT molecular complexity index is 1360.